The van der Waals surface area contributed by atoms with Crippen molar-refractivity contribution >= 4 is 6.09 Å². The van der Waals surface area contributed by atoms with E-state index in [4.69, 9.17) is 23.7 Å². The van der Waals surface area contributed by atoms with Crippen LogP contribution in [0.25, 0.3) is 0 Å². The summed E-state index contributed by atoms with van der Waals surface area (Å²) in [6.07, 6.45) is 4.22. The van der Waals surface area contributed by atoms with Crippen LogP contribution in [0.4, 0.5) is 4.79 Å². The summed E-state index contributed by atoms with van der Waals surface area (Å²) in [6.45, 7) is 10.3. The fourth-order valence-corrected chi connectivity index (χ4v) is 3.52. The van der Waals surface area contributed by atoms with Gasteiger partial charge in [0.15, 0.2) is 0 Å². The molecule has 1 saturated carbocycles. The molecule has 1 amide bonds. The number of carbonyl (C=O) groups excluding carboxylic acids is 1. The molecule has 1 saturated heterocycles. The number of ether oxygens (including phenoxy) is 5. The first kappa shape index (κ1) is 25.0. The van der Waals surface area contributed by atoms with Crippen molar-refractivity contribution in [2.24, 2.45) is 0 Å². The summed E-state index contributed by atoms with van der Waals surface area (Å²) in [6, 6.07) is 10.3. The molecule has 0 atom stereocenters. The number of hydrogen-bond acceptors (Lipinski definition) is 6. The quantitative estimate of drug-likeness (QED) is 0.421. The molecule has 1 aliphatic carbocycles. The van der Waals surface area contributed by atoms with Gasteiger partial charge in [-0.2, -0.15) is 0 Å². The van der Waals surface area contributed by atoms with Crippen LogP contribution in [0.15, 0.2) is 30.3 Å². The Bertz CT molecular complexity index is 665. The molecule has 0 aromatic heterocycles. The van der Waals surface area contributed by atoms with Crippen molar-refractivity contribution in [2.75, 3.05) is 39.5 Å². The van der Waals surface area contributed by atoms with E-state index in [0.717, 1.165) is 32.3 Å². The largest absolute Gasteiger partial charge is 0.444 e. The van der Waals surface area contributed by atoms with E-state index in [1.165, 1.54) is 5.56 Å². The third-order valence-electron chi connectivity index (χ3n) is 5.45. The third-order valence-corrected chi connectivity index (χ3v) is 5.45. The van der Waals surface area contributed by atoms with E-state index in [-0.39, 0.29) is 12.2 Å². The SMILES string of the molecule is CC(C)(C)OC(=O)N1CC(OCCCOCCCOC2CC(OCc3ccccc3)C2)C1. The molecule has 1 aromatic rings. The summed E-state index contributed by atoms with van der Waals surface area (Å²) >= 11 is 0. The smallest absolute Gasteiger partial charge is 0.410 e. The second kappa shape index (κ2) is 12.5. The van der Waals surface area contributed by atoms with Crippen molar-refractivity contribution in [3.63, 3.8) is 0 Å². The van der Waals surface area contributed by atoms with Gasteiger partial charge in [-0.3, -0.25) is 0 Å². The van der Waals surface area contributed by atoms with E-state index in [1.54, 1.807) is 4.90 Å². The summed E-state index contributed by atoms with van der Waals surface area (Å²) in [4.78, 5) is 13.5. The topological polar surface area (TPSA) is 66.5 Å². The second-order valence-corrected chi connectivity index (χ2v) is 9.58. The first-order chi connectivity index (χ1) is 15.4. The molecule has 0 unspecified atom stereocenters. The predicted molar refractivity (Wildman–Crippen MR) is 122 cm³/mol. The van der Waals surface area contributed by atoms with Crippen LogP contribution in [0.3, 0.4) is 0 Å². The second-order valence-electron chi connectivity index (χ2n) is 9.58. The molecule has 2 aliphatic rings. The molecular formula is C25H39NO6. The fraction of sp³-hybridized carbons (Fsp3) is 0.720. The molecule has 1 aliphatic heterocycles. The third kappa shape index (κ3) is 9.06. The van der Waals surface area contributed by atoms with Gasteiger partial charge in [-0.1, -0.05) is 30.3 Å². The molecule has 32 heavy (non-hydrogen) atoms. The van der Waals surface area contributed by atoms with Gasteiger partial charge in [0.05, 0.1) is 38.0 Å². The van der Waals surface area contributed by atoms with Crippen molar-refractivity contribution in [3.05, 3.63) is 35.9 Å². The molecule has 1 heterocycles. The summed E-state index contributed by atoms with van der Waals surface area (Å²) in [5.74, 6) is 0. The molecule has 3 rings (SSSR count). The summed E-state index contributed by atoms with van der Waals surface area (Å²) in [5, 5.41) is 0. The van der Waals surface area contributed by atoms with Gasteiger partial charge in [0.25, 0.3) is 0 Å². The lowest BCUT2D eigenvalue weighted by Crippen LogP contribution is -2.56. The van der Waals surface area contributed by atoms with Gasteiger partial charge in [-0.15, -0.1) is 0 Å². The highest BCUT2D eigenvalue weighted by Gasteiger charge is 2.34. The number of amides is 1. The minimum absolute atomic E-state index is 0.110. The van der Waals surface area contributed by atoms with E-state index in [0.29, 0.717) is 51.7 Å². The van der Waals surface area contributed by atoms with Gasteiger partial charge in [-0.05, 0) is 52.0 Å². The highest BCUT2D eigenvalue weighted by atomic mass is 16.6. The zero-order valence-electron chi connectivity index (χ0n) is 19.8. The summed E-state index contributed by atoms with van der Waals surface area (Å²) in [5.41, 5.74) is 0.762. The Balaban J connectivity index is 1.06. The van der Waals surface area contributed by atoms with Crippen LogP contribution in [0.5, 0.6) is 0 Å². The van der Waals surface area contributed by atoms with Crippen molar-refractivity contribution < 1.29 is 28.5 Å². The van der Waals surface area contributed by atoms with Gasteiger partial charge in [0.1, 0.15) is 5.60 Å². The van der Waals surface area contributed by atoms with Crippen LogP contribution in [0.1, 0.15) is 52.0 Å². The van der Waals surface area contributed by atoms with E-state index in [1.807, 2.05) is 39.0 Å². The molecule has 7 nitrogen and oxygen atoms in total. The van der Waals surface area contributed by atoms with Crippen LogP contribution in [-0.4, -0.2) is 74.4 Å². The molecule has 0 bridgehead atoms. The molecule has 0 spiro atoms. The highest BCUT2D eigenvalue weighted by molar-refractivity contribution is 5.69. The molecule has 2 fully saturated rings. The monoisotopic (exact) mass is 449 g/mol. The number of carbonyl (C=O) groups is 1. The number of nitrogens with zero attached hydrogens (tertiary/aromatic N) is 1. The number of likely N-dealkylation sites (tertiary alicyclic amines) is 1. The lowest BCUT2D eigenvalue weighted by atomic mass is 9.92. The standard InChI is InChI=1S/C25H39NO6/c1-25(2,3)32-24(27)26-17-23(18-26)30-14-8-12-28-11-7-13-29-21-15-22(16-21)31-19-20-9-5-4-6-10-20/h4-6,9-10,21-23H,7-8,11-19H2,1-3H3. The van der Waals surface area contributed by atoms with Crippen molar-refractivity contribution in [1.29, 1.82) is 0 Å². The van der Waals surface area contributed by atoms with Gasteiger partial charge in [0, 0.05) is 26.4 Å². The maximum Gasteiger partial charge on any atom is 0.410 e. The zero-order valence-corrected chi connectivity index (χ0v) is 19.8. The van der Waals surface area contributed by atoms with Crippen molar-refractivity contribution in [2.45, 2.75) is 77.0 Å². The Labute approximate surface area is 192 Å². The minimum Gasteiger partial charge on any atom is -0.444 e. The van der Waals surface area contributed by atoms with Crippen molar-refractivity contribution in [1.82, 2.24) is 4.90 Å². The van der Waals surface area contributed by atoms with Crippen LogP contribution in [0, 0.1) is 0 Å². The van der Waals surface area contributed by atoms with Crippen LogP contribution in [0.2, 0.25) is 0 Å². The molecule has 0 radical (unpaired) electrons. The molecule has 180 valence electrons. The fourth-order valence-electron chi connectivity index (χ4n) is 3.52. The maximum atomic E-state index is 11.9. The molecule has 1 aromatic carbocycles. The normalized spacial score (nSPS) is 21.2. The van der Waals surface area contributed by atoms with Crippen LogP contribution >= 0.6 is 0 Å². The summed E-state index contributed by atoms with van der Waals surface area (Å²) in [7, 11) is 0. The Morgan fingerprint density at radius 2 is 1.47 bits per heavy atom. The van der Waals surface area contributed by atoms with Gasteiger partial charge in [-0.25, -0.2) is 4.79 Å². The Kier molecular flexibility index (Phi) is 9.78. The van der Waals surface area contributed by atoms with Crippen LogP contribution in [-0.2, 0) is 30.3 Å². The number of hydrogen-bond donors (Lipinski definition) is 0. The first-order valence-electron chi connectivity index (χ1n) is 11.8. The predicted octanol–water partition coefficient (Wildman–Crippen LogP) is 4.18. The maximum absolute atomic E-state index is 11.9. The zero-order chi connectivity index (χ0) is 22.8. The van der Waals surface area contributed by atoms with E-state index in [9.17, 15) is 4.79 Å². The number of rotatable bonds is 13. The lowest BCUT2D eigenvalue weighted by Gasteiger charge is -2.39. The van der Waals surface area contributed by atoms with Gasteiger partial charge >= 0.3 is 6.09 Å². The number of benzene rings is 1. The Morgan fingerprint density at radius 3 is 2.09 bits per heavy atom. The van der Waals surface area contributed by atoms with Crippen LogP contribution < -0.4 is 0 Å². The lowest BCUT2D eigenvalue weighted by molar-refractivity contribution is -0.108. The molecular weight excluding hydrogens is 410 g/mol. The first-order valence-corrected chi connectivity index (χ1v) is 11.8. The average Bonchev–Trinajstić information content (AvgIpc) is 2.67. The van der Waals surface area contributed by atoms with Gasteiger partial charge < -0.3 is 28.6 Å². The van der Waals surface area contributed by atoms with Crippen molar-refractivity contribution in [3.8, 4) is 0 Å². The van der Waals surface area contributed by atoms with Gasteiger partial charge in [0.2, 0.25) is 0 Å². The van der Waals surface area contributed by atoms with E-state index in [2.05, 4.69) is 12.1 Å². The summed E-state index contributed by atoms with van der Waals surface area (Å²) < 4.78 is 28.5. The minimum atomic E-state index is -0.456. The van der Waals surface area contributed by atoms with E-state index >= 15 is 0 Å². The molecule has 7 heteroatoms. The Hall–Kier alpha value is -1.67. The average molecular weight is 450 g/mol. The Morgan fingerprint density at radius 1 is 0.875 bits per heavy atom. The van der Waals surface area contributed by atoms with E-state index < -0.39 is 5.60 Å². The highest BCUT2D eigenvalue weighted by Crippen LogP contribution is 2.27. The molecule has 0 N–H and O–H groups in total.